The number of hydrogen-bond donors (Lipinski definition) is 0. The van der Waals surface area contributed by atoms with Crippen LogP contribution in [0, 0.1) is 0 Å². The van der Waals surface area contributed by atoms with Crippen molar-refractivity contribution in [3.05, 3.63) is 146 Å². The van der Waals surface area contributed by atoms with E-state index in [0.29, 0.717) is 0 Å². The van der Waals surface area contributed by atoms with Gasteiger partial charge in [0, 0.05) is 10.8 Å². The largest absolute Gasteiger partial charge is 0.456 e. The van der Waals surface area contributed by atoms with E-state index >= 15 is 0 Å². The van der Waals surface area contributed by atoms with Gasteiger partial charge in [0.15, 0.2) is 0 Å². The molecular formula is C38H24O. The van der Waals surface area contributed by atoms with Crippen LogP contribution in [0.25, 0.3) is 76.9 Å². The van der Waals surface area contributed by atoms with Crippen LogP contribution in [0.15, 0.2) is 150 Å². The van der Waals surface area contributed by atoms with E-state index in [2.05, 4.69) is 133 Å². The van der Waals surface area contributed by atoms with E-state index in [1.54, 1.807) is 0 Å². The molecule has 39 heavy (non-hydrogen) atoms. The minimum atomic E-state index is 0.916. The molecular weight excluding hydrogens is 472 g/mol. The summed E-state index contributed by atoms with van der Waals surface area (Å²) in [5, 5.41) is 7.31. The number of rotatable bonds is 3. The van der Waals surface area contributed by atoms with Crippen LogP contribution in [0.1, 0.15) is 0 Å². The first-order valence-corrected chi connectivity index (χ1v) is 13.4. The third-order valence-electron chi connectivity index (χ3n) is 7.87. The van der Waals surface area contributed by atoms with Gasteiger partial charge in [-0.15, -0.1) is 0 Å². The second-order valence-corrected chi connectivity index (χ2v) is 10.1. The predicted octanol–water partition coefficient (Wildman–Crippen LogP) is 10.9. The van der Waals surface area contributed by atoms with E-state index in [1.165, 1.54) is 54.9 Å². The van der Waals surface area contributed by atoms with Crippen molar-refractivity contribution in [2.45, 2.75) is 0 Å². The molecule has 1 aromatic heterocycles. The smallest absolute Gasteiger partial charge is 0.135 e. The van der Waals surface area contributed by atoms with E-state index in [1.807, 2.05) is 12.1 Å². The molecule has 8 rings (SSSR count). The standard InChI is InChI=1S/C38H24O/c1-3-11-25(12-4-1)28-16-9-18-31-33(28)24-34-29(26-13-5-2-6-14-26)17-10-19-32(34)38(31)27-21-22-37-35(23-27)30-15-7-8-20-36(30)39-37/h1-24H. The zero-order chi connectivity index (χ0) is 25.8. The molecule has 0 aliphatic carbocycles. The Kier molecular flexibility index (Phi) is 4.89. The molecule has 0 atom stereocenters. The molecule has 0 bridgehead atoms. The average molecular weight is 497 g/mol. The van der Waals surface area contributed by atoms with Crippen molar-refractivity contribution in [3.63, 3.8) is 0 Å². The number of fused-ring (bicyclic) bond motifs is 5. The van der Waals surface area contributed by atoms with Gasteiger partial charge in [-0.25, -0.2) is 0 Å². The van der Waals surface area contributed by atoms with E-state index in [9.17, 15) is 0 Å². The number of hydrogen-bond acceptors (Lipinski definition) is 1. The minimum absolute atomic E-state index is 0.916. The van der Waals surface area contributed by atoms with E-state index in [-0.39, 0.29) is 0 Å². The van der Waals surface area contributed by atoms with Crippen molar-refractivity contribution >= 4 is 43.5 Å². The quantitative estimate of drug-likeness (QED) is 0.222. The lowest BCUT2D eigenvalue weighted by Gasteiger charge is -2.17. The summed E-state index contributed by atoms with van der Waals surface area (Å²) in [6.45, 7) is 0. The first-order chi connectivity index (χ1) is 19.3. The van der Waals surface area contributed by atoms with Crippen LogP contribution in [-0.2, 0) is 0 Å². The second kappa shape index (κ2) is 8.72. The van der Waals surface area contributed by atoms with Crippen molar-refractivity contribution in [2.24, 2.45) is 0 Å². The second-order valence-electron chi connectivity index (χ2n) is 10.1. The molecule has 0 N–H and O–H groups in total. The summed E-state index contributed by atoms with van der Waals surface area (Å²) in [6, 6.07) is 52.1. The van der Waals surface area contributed by atoms with Gasteiger partial charge in [-0.1, -0.05) is 121 Å². The van der Waals surface area contributed by atoms with Gasteiger partial charge in [-0.05, 0) is 79.2 Å². The molecule has 182 valence electrons. The lowest BCUT2D eigenvalue weighted by Crippen LogP contribution is -1.90. The molecule has 7 aromatic carbocycles. The average Bonchev–Trinajstić information content (AvgIpc) is 3.38. The minimum Gasteiger partial charge on any atom is -0.456 e. The molecule has 1 heteroatoms. The molecule has 0 spiro atoms. The third-order valence-corrected chi connectivity index (χ3v) is 7.87. The SMILES string of the molecule is c1ccc(-c2cccc3c(-c4ccc5oc6ccccc6c5c4)c4cccc(-c5ccccc5)c4cc23)cc1. The van der Waals surface area contributed by atoms with Crippen LogP contribution in [0.3, 0.4) is 0 Å². The van der Waals surface area contributed by atoms with Crippen LogP contribution in [0.2, 0.25) is 0 Å². The Morgan fingerprint density at radius 1 is 0.308 bits per heavy atom. The summed E-state index contributed by atoms with van der Waals surface area (Å²) in [5.74, 6) is 0. The van der Waals surface area contributed by atoms with Gasteiger partial charge in [-0.3, -0.25) is 0 Å². The zero-order valence-corrected chi connectivity index (χ0v) is 21.3. The Morgan fingerprint density at radius 2 is 0.846 bits per heavy atom. The maximum atomic E-state index is 6.17. The zero-order valence-electron chi connectivity index (χ0n) is 21.3. The number of furan rings is 1. The topological polar surface area (TPSA) is 13.1 Å². The normalized spacial score (nSPS) is 11.6. The van der Waals surface area contributed by atoms with Crippen LogP contribution in [-0.4, -0.2) is 0 Å². The van der Waals surface area contributed by atoms with Gasteiger partial charge < -0.3 is 4.42 Å². The van der Waals surface area contributed by atoms with Crippen molar-refractivity contribution in [3.8, 4) is 33.4 Å². The van der Waals surface area contributed by atoms with Crippen molar-refractivity contribution < 1.29 is 4.42 Å². The van der Waals surface area contributed by atoms with Gasteiger partial charge in [0.25, 0.3) is 0 Å². The lowest BCUT2D eigenvalue weighted by molar-refractivity contribution is 0.669. The van der Waals surface area contributed by atoms with E-state index in [0.717, 1.165) is 21.9 Å². The van der Waals surface area contributed by atoms with Crippen molar-refractivity contribution in [2.75, 3.05) is 0 Å². The maximum absolute atomic E-state index is 6.17. The van der Waals surface area contributed by atoms with Crippen LogP contribution >= 0.6 is 0 Å². The van der Waals surface area contributed by atoms with Gasteiger partial charge in [0.2, 0.25) is 0 Å². The Labute approximate surface area is 226 Å². The highest BCUT2D eigenvalue weighted by atomic mass is 16.3. The fourth-order valence-electron chi connectivity index (χ4n) is 6.10. The molecule has 0 saturated heterocycles. The van der Waals surface area contributed by atoms with Gasteiger partial charge in [0.1, 0.15) is 11.2 Å². The van der Waals surface area contributed by atoms with Crippen molar-refractivity contribution in [1.82, 2.24) is 0 Å². The van der Waals surface area contributed by atoms with Crippen LogP contribution in [0.5, 0.6) is 0 Å². The molecule has 0 radical (unpaired) electrons. The Hall–Kier alpha value is -5.14. The number of benzene rings is 7. The number of para-hydroxylation sites is 1. The highest BCUT2D eigenvalue weighted by Gasteiger charge is 2.17. The fraction of sp³-hybridized carbons (Fsp3) is 0. The monoisotopic (exact) mass is 496 g/mol. The molecule has 0 aliphatic heterocycles. The molecule has 0 unspecified atom stereocenters. The summed E-state index contributed by atoms with van der Waals surface area (Å²) in [5.41, 5.74) is 9.22. The molecule has 0 amide bonds. The highest BCUT2D eigenvalue weighted by Crippen LogP contribution is 2.44. The Morgan fingerprint density at radius 3 is 1.49 bits per heavy atom. The molecule has 1 nitrogen and oxygen atoms in total. The fourth-order valence-corrected chi connectivity index (χ4v) is 6.10. The Balaban J connectivity index is 1.52. The first-order valence-electron chi connectivity index (χ1n) is 13.4. The van der Waals surface area contributed by atoms with E-state index < -0.39 is 0 Å². The summed E-state index contributed by atoms with van der Waals surface area (Å²) < 4.78 is 6.17. The van der Waals surface area contributed by atoms with Crippen LogP contribution in [0.4, 0.5) is 0 Å². The van der Waals surface area contributed by atoms with Gasteiger partial charge >= 0.3 is 0 Å². The van der Waals surface area contributed by atoms with Crippen molar-refractivity contribution in [1.29, 1.82) is 0 Å². The lowest BCUT2D eigenvalue weighted by atomic mass is 9.86. The highest BCUT2D eigenvalue weighted by molar-refractivity contribution is 6.20. The molecule has 1 heterocycles. The van der Waals surface area contributed by atoms with Crippen LogP contribution < -0.4 is 0 Å². The van der Waals surface area contributed by atoms with Gasteiger partial charge in [-0.2, -0.15) is 0 Å². The first kappa shape index (κ1) is 21.9. The predicted molar refractivity (Wildman–Crippen MR) is 165 cm³/mol. The molecule has 8 aromatic rings. The maximum Gasteiger partial charge on any atom is 0.135 e. The molecule has 0 saturated carbocycles. The summed E-state index contributed by atoms with van der Waals surface area (Å²) in [7, 11) is 0. The molecule has 0 aliphatic rings. The Bertz CT molecular complexity index is 2050. The molecule has 0 fully saturated rings. The third kappa shape index (κ3) is 3.48. The summed E-state index contributed by atoms with van der Waals surface area (Å²) in [4.78, 5) is 0. The van der Waals surface area contributed by atoms with Gasteiger partial charge in [0.05, 0.1) is 0 Å². The summed E-state index contributed by atoms with van der Waals surface area (Å²) >= 11 is 0. The summed E-state index contributed by atoms with van der Waals surface area (Å²) in [6.07, 6.45) is 0. The van der Waals surface area contributed by atoms with E-state index in [4.69, 9.17) is 4.42 Å².